The number of benzene rings is 2. The molecular weight excluding hydrogens is 392 g/mol. The Morgan fingerprint density at radius 1 is 0.903 bits per heavy atom. The van der Waals surface area contributed by atoms with Crippen LogP contribution in [0, 0.1) is 0 Å². The summed E-state index contributed by atoms with van der Waals surface area (Å²) >= 11 is 0. The van der Waals surface area contributed by atoms with Gasteiger partial charge >= 0.3 is 5.97 Å². The second-order valence-corrected chi connectivity index (χ2v) is 7.99. The van der Waals surface area contributed by atoms with E-state index >= 15 is 0 Å². The summed E-state index contributed by atoms with van der Waals surface area (Å²) in [6.45, 7) is 1.56. The molecular formula is C25H30N2O4. The third-order valence-electron chi connectivity index (χ3n) is 5.68. The van der Waals surface area contributed by atoms with E-state index < -0.39 is 12.1 Å². The van der Waals surface area contributed by atoms with Crippen molar-refractivity contribution in [3.8, 4) is 0 Å². The highest BCUT2D eigenvalue weighted by molar-refractivity contribution is 6.12. The van der Waals surface area contributed by atoms with E-state index in [4.69, 9.17) is 4.74 Å². The lowest BCUT2D eigenvalue weighted by molar-refractivity contribution is -0.129. The molecule has 2 amide bonds. The smallest absolute Gasteiger partial charge is 0.339 e. The van der Waals surface area contributed by atoms with Crippen LogP contribution < -0.4 is 10.2 Å². The Kier molecular flexibility index (Phi) is 7.82. The maximum atomic E-state index is 13.0. The molecule has 6 heteroatoms. The summed E-state index contributed by atoms with van der Waals surface area (Å²) < 4.78 is 5.43. The number of hydrogen-bond acceptors (Lipinski definition) is 4. The average molecular weight is 423 g/mol. The summed E-state index contributed by atoms with van der Waals surface area (Å²) in [6, 6.07) is 15.8. The van der Waals surface area contributed by atoms with Crippen LogP contribution in [0.3, 0.4) is 0 Å². The van der Waals surface area contributed by atoms with E-state index in [0.717, 1.165) is 25.7 Å². The van der Waals surface area contributed by atoms with E-state index in [1.165, 1.54) is 17.7 Å². The molecule has 0 radical (unpaired) electrons. The van der Waals surface area contributed by atoms with Gasteiger partial charge in [-0.3, -0.25) is 9.59 Å². The number of para-hydroxylation sites is 1. The predicted molar refractivity (Wildman–Crippen MR) is 120 cm³/mol. The standard InChI is InChI=1S/C25H30N2O4/c1-18(23(28)26-19-12-6-3-4-7-13-19)31-25(30)22-17-11-10-16-21(22)24(29)27(2)20-14-8-5-9-15-20/h5,8-11,14-19H,3-4,6-7,12-13H2,1-2H3,(H,26,28)/t18-/m0/s1. The summed E-state index contributed by atoms with van der Waals surface area (Å²) in [5.74, 6) is -1.31. The van der Waals surface area contributed by atoms with E-state index in [-0.39, 0.29) is 29.0 Å². The Balaban J connectivity index is 1.67. The fourth-order valence-corrected chi connectivity index (χ4v) is 3.82. The molecule has 1 saturated carbocycles. The van der Waals surface area contributed by atoms with Crippen LogP contribution >= 0.6 is 0 Å². The van der Waals surface area contributed by atoms with E-state index in [1.807, 2.05) is 30.3 Å². The van der Waals surface area contributed by atoms with Crippen molar-refractivity contribution in [2.75, 3.05) is 11.9 Å². The van der Waals surface area contributed by atoms with Crippen LogP contribution in [0.4, 0.5) is 5.69 Å². The van der Waals surface area contributed by atoms with Crippen LogP contribution in [-0.2, 0) is 9.53 Å². The number of ether oxygens (including phenoxy) is 1. The van der Waals surface area contributed by atoms with Crippen molar-refractivity contribution in [3.63, 3.8) is 0 Å². The highest BCUT2D eigenvalue weighted by Crippen LogP contribution is 2.20. The summed E-state index contributed by atoms with van der Waals surface area (Å²) in [4.78, 5) is 39.9. The Morgan fingerprint density at radius 2 is 1.48 bits per heavy atom. The largest absolute Gasteiger partial charge is 0.449 e. The van der Waals surface area contributed by atoms with Gasteiger partial charge in [-0.2, -0.15) is 0 Å². The van der Waals surface area contributed by atoms with Gasteiger partial charge in [-0.25, -0.2) is 4.79 Å². The number of carbonyl (C=O) groups is 3. The number of amides is 2. The van der Waals surface area contributed by atoms with Crippen molar-refractivity contribution >= 4 is 23.5 Å². The van der Waals surface area contributed by atoms with Crippen LogP contribution in [0.15, 0.2) is 54.6 Å². The summed E-state index contributed by atoms with van der Waals surface area (Å²) in [7, 11) is 1.66. The van der Waals surface area contributed by atoms with Gasteiger partial charge in [0.15, 0.2) is 6.10 Å². The van der Waals surface area contributed by atoms with Gasteiger partial charge in [0.05, 0.1) is 11.1 Å². The molecule has 2 aromatic carbocycles. The normalized spacial score (nSPS) is 15.4. The number of anilines is 1. The van der Waals surface area contributed by atoms with Gasteiger partial charge in [-0.1, -0.05) is 56.0 Å². The minimum atomic E-state index is -0.939. The van der Waals surface area contributed by atoms with Crippen molar-refractivity contribution in [2.24, 2.45) is 0 Å². The second-order valence-electron chi connectivity index (χ2n) is 7.99. The quantitative estimate of drug-likeness (QED) is 0.555. The molecule has 6 nitrogen and oxygen atoms in total. The van der Waals surface area contributed by atoms with Crippen molar-refractivity contribution in [1.29, 1.82) is 0 Å². The first-order chi connectivity index (χ1) is 15.0. The lowest BCUT2D eigenvalue weighted by Crippen LogP contribution is -2.42. The number of carbonyl (C=O) groups excluding carboxylic acids is 3. The van der Waals surface area contributed by atoms with Gasteiger partial charge in [0.1, 0.15) is 0 Å². The SMILES string of the molecule is C[C@H](OC(=O)c1ccccc1C(=O)N(C)c1ccccc1)C(=O)NC1CCCCCC1. The molecule has 1 aliphatic carbocycles. The van der Waals surface area contributed by atoms with Crippen molar-refractivity contribution < 1.29 is 19.1 Å². The molecule has 0 heterocycles. The van der Waals surface area contributed by atoms with Crippen molar-refractivity contribution in [3.05, 3.63) is 65.7 Å². The topological polar surface area (TPSA) is 75.7 Å². The first kappa shape index (κ1) is 22.5. The molecule has 0 saturated heterocycles. The fourth-order valence-electron chi connectivity index (χ4n) is 3.82. The van der Waals surface area contributed by atoms with Crippen LogP contribution in [0.25, 0.3) is 0 Å². The van der Waals surface area contributed by atoms with Crippen LogP contribution in [0.1, 0.15) is 66.2 Å². The van der Waals surface area contributed by atoms with Crippen molar-refractivity contribution in [2.45, 2.75) is 57.6 Å². The van der Waals surface area contributed by atoms with Gasteiger partial charge in [-0.05, 0) is 44.0 Å². The molecule has 164 valence electrons. The monoisotopic (exact) mass is 422 g/mol. The zero-order chi connectivity index (χ0) is 22.2. The molecule has 0 aliphatic heterocycles. The highest BCUT2D eigenvalue weighted by atomic mass is 16.5. The molecule has 1 N–H and O–H groups in total. The van der Waals surface area contributed by atoms with E-state index in [0.29, 0.717) is 5.69 Å². The van der Waals surface area contributed by atoms with Crippen LogP contribution in [-0.4, -0.2) is 37.0 Å². The molecule has 31 heavy (non-hydrogen) atoms. The van der Waals surface area contributed by atoms with E-state index in [9.17, 15) is 14.4 Å². The highest BCUT2D eigenvalue weighted by Gasteiger charge is 2.26. The maximum Gasteiger partial charge on any atom is 0.339 e. The van der Waals surface area contributed by atoms with Gasteiger partial charge in [-0.15, -0.1) is 0 Å². The fraction of sp³-hybridized carbons (Fsp3) is 0.400. The number of rotatable bonds is 6. The maximum absolute atomic E-state index is 13.0. The molecule has 0 aromatic heterocycles. The minimum absolute atomic E-state index is 0.129. The molecule has 3 rings (SSSR count). The summed E-state index contributed by atoms with van der Waals surface area (Å²) in [5, 5.41) is 3.00. The predicted octanol–water partition coefficient (Wildman–Crippen LogP) is 4.35. The number of hydrogen-bond donors (Lipinski definition) is 1. The Bertz CT molecular complexity index is 905. The molecule has 1 atom stereocenters. The number of nitrogens with one attached hydrogen (secondary N) is 1. The lowest BCUT2D eigenvalue weighted by Gasteiger charge is -2.21. The van der Waals surface area contributed by atoms with E-state index in [1.54, 1.807) is 38.2 Å². The van der Waals surface area contributed by atoms with Crippen molar-refractivity contribution in [1.82, 2.24) is 5.32 Å². The summed E-state index contributed by atoms with van der Waals surface area (Å²) in [6.07, 6.45) is 5.56. The Hall–Kier alpha value is -3.15. The molecule has 0 spiro atoms. The molecule has 1 fully saturated rings. The van der Waals surface area contributed by atoms with Gasteiger partial charge in [0, 0.05) is 18.8 Å². The lowest BCUT2D eigenvalue weighted by atomic mass is 10.1. The zero-order valence-electron chi connectivity index (χ0n) is 18.2. The third kappa shape index (κ3) is 5.94. The van der Waals surface area contributed by atoms with Crippen LogP contribution in [0.5, 0.6) is 0 Å². The zero-order valence-corrected chi connectivity index (χ0v) is 18.2. The molecule has 2 aromatic rings. The van der Waals surface area contributed by atoms with Gasteiger partial charge < -0.3 is 15.0 Å². The molecule has 0 unspecified atom stereocenters. The second kappa shape index (κ2) is 10.8. The molecule has 1 aliphatic rings. The first-order valence-electron chi connectivity index (χ1n) is 10.9. The average Bonchev–Trinajstić information content (AvgIpc) is 3.07. The Morgan fingerprint density at radius 3 is 2.13 bits per heavy atom. The number of esters is 1. The molecule has 0 bridgehead atoms. The van der Waals surface area contributed by atoms with E-state index in [2.05, 4.69) is 5.32 Å². The number of nitrogens with zero attached hydrogens (tertiary/aromatic N) is 1. The van der Waals surface area contributed by atoms with Gasteiger partial charge in [0.25, 0.3) is 11.8 Å². The minimum Gasteiger partial charge on any atom is -0.449 e. The van der Waals surface area contributed by atoms with Gasteiger partial charge in [0.2, 0.25) is 0 Å². The first-order valence-corrected chi connectivity index (χ1v) is 10.9. The summed E-state index contributed by atoms with van der Waals surface area (Å²) in [5.41, 5.74) is 1.09. The Labute approximate surface area is 183 Å². The van der Waals surface area contributed by atoms with Crippen LogP contribution in [0.2, 0.25) is 0 Å². The third-order valence-corrected chi connectivity index (χ3v) is 5.68.